The third-order valence-electron chi connectivity index (χ3n) is 3.67. The van der Waals surface area contributed by atoms with Crippen molar-refractivity contribution in [3.05, 3.63) is 53.2 Å². The Labute approximate surface area is 113 Å². The van der Waals surface area contributed by atoms with Gasteiger partial charge in [0.05, 0.1) is 0 Å². The topological polar surface area (TPSA) is 9.23 Å². The van der Waals surface area contributed by atoms with E-state index in [1.807, 2.05) is 0 Å². The van der Waals surface area contributed by atoms with Crippen molar-refractivity contribution in [1.82, 2.24) is 0 Å². The Morgan fingerprint density at radius 3 is 2.26 bits per heavy atom. The van der Waals surface area contributed by atoms with Crippen LogP contribution in [0, 0.1) is 0 Å². The molecule has 1 aliphatic carbocycles. The minimum absolute atomic E-state index is 1.18. The first-order valence-electron chi connectivity index (χ1n) is 6.68. The molecule has 0 aromatic heterocycles. The average molecular weight is 250 g/mol. The molecule has 0 fully saturated rings. The van der Waals surface area contributed by atoms with Crippen LogP contribution in [0.3, 0.4) is 0 Å². The highest BCUT2D eigenvalue weighted by Crippen LogP contribution is 2.29. The molecule has 1 nitrogen and oxygen atoms in total. The summed E-state index contributed by atoms with van der Waals surface area (Å²) in [6.45, 7) is 0. The molecule has 1 aliphatic rings. The molecular weight excluding hydrogens is 232 g/mol. The molecule has 0 saturated heterocycles. The summed E-state index contributed by atoms with van der Waals surface area (Å²) < 4.78 is 4.25. The van der Waals surface area contributed by atoms with Crippen molar-refractivity contribution in [2.45, 2.75) is 12.8 Å². The summed E-state index contributed by atoms with van der Waals surface area (Å²) in [5.41, 5.74) is 1.52. The SMILES string of the molecule is C1=c2ccc3cccc4ccc(c2c43)CC1.COC. The molecule has 0 atom stereocenters. The maximum atomic E-state index is 4.25. The summed E-state index contributed by atoms with van der Waals surface area (Å²) in [5, 5.41) is 7.10. The number of aryl methyl sites for hydroxylation is 1. The van der Waals surface area contributed by atoms with Gasteiger partial charge in [-0.05, 0) is 45.2 Å². The normalized spacial score (nSPS) is 12.9. The van der Waals surface area contributed by atoms with E-state index in [9.17, 15) is 0 Å². The monoisotopic (exact) mass is 250 g/mol. The molecule has 96 valence electrons. The van der Waals surface area contributed by atoms with E-state index in [-0.39, 0.29) is 0 Å². The van der Waals surface area contributed by atoms with E-state index < -0.39 is 0 Å². The lowest BCUT2D eigenvalue weighted by atomic mass is 9.90. The molecule has 0 radical (unpaired) electrons. The third-order valence-corrected chi connectivity index (χ3v) is 3.67. The van der Waals surface area contributed by atoms with Crippen LogP contribution in [0.1, 0.15) is 12.0 Å². The Bertz CT molecular complexity index is 755. The van der Waals surface area contributed by atoms with Gasteiger partial charge >= 0.3 is 0 Å². The molecule has 0 spiro atoms. The van der Waals surface area contributed by atoms with Gasteiger partial charge in [0.2, 0.25) is 0 Å². The number of hydrogen-bond donors (Lipinski definition) is 0. The zero-order valence-corrected chi connectivity index (χ0v) is 11.4. The predicted molar refractivity (Wildman–Crippen MR) is 82.4 cm³/mol. The Kier molecular flexibility index (Phi) is 3.22. The summed E-state index contributed by atoms with van der Waals surface area (Å²) >= 11 is 0. The maximum Gasteiger partial charge on any atom is 0.0351 e. The van der Waals surface area contributed by atoms with Crippen molar-refractivity contribution in [3.63, 3.8) is 0 Å². The van der Waals surface area contributed by atoms with Crippen molar-refractivity contribution in [1.29, 1.82) is 0 Å². The van der Waals surface area contributed by atoms with Crippen LogP contribution < -0.4 is 5.22 Å². The van der Waals surface area contributed by atoms with Gasteiger partial charge in [-0.15, -0.1) is 0 Å². The summed E-state index contributed by atoms with van der Waals surface area (Å²) in [6, 6.07) is 15.6. The molecule has 0 heterocycles. The molecule has 4 rings (SSSR count). The van der Waals surface area contributed by atoms with Crippen LogP contribution >= 0.6 is 0 Å². The summed E-state index contributed by atoms with van der Waals surface area (Å²) in [7, 11) is 3.25. The van der Waals surface area contributed by atoms with Gasteiger partial charge < -0.3 is 4.74 Å². The highest BCUT2D eigenvalue weighted by atomic mass is 16.4. The average Bonchev–Trinajstić information content (AvgIpc) is 2.46. The third kappa shape index (κ3) is 2.00. The molecule has 0 unspecified atom stereocenters. The van der Waals surface area contributed by atoms with Gasteiger partial charge in [-0.1, -0.05) is 48.5 Å². The molecule has 0 N–H and O–H groups in total. The number of hydrogen-bond acceptors (Lipinski definition) is 1. The molecule has 0 amide bonds. The minimum atomic E-state index is 1.18. The Hall–Kier alpha value is -1.86. The Balaban J connectivity index is 0.000000339. The van der Waals surface area contributed by atoms with Crippen molar-refractivity contribution < 1.29 is 4.74 Å². The summed E-state index contributed by atoms with van der Waals surface area (Å²) in [4.78, 5) is 0. The second-order valence-electron chi connectivity index (χ2n) is 4.98. The van der Waals surface area contributed by atoms with Crippen LogP contribution in [0.2, 0.25) is 0 Å². The first-order valence-corrected chi connectivity index (χ1v) is 6.68. The van der Waals surface area contributed by atoms with Crippen LogP contribution in [0.4, 0.5) is 0 Å². The van der Waals surface area contributed by atoms with E-state index in [2.05, 4.69) is 53.3 Å². The van der Waals surface area contributed by atoms with Gasteiger partial charge in [-0.2, -0.15) is 0 Å². The van der Waals surface area contributed by atoms with Gasteiger partial charge in [-0.3, -0.25) is 0 Å². The molecule has 19 heavy (non-hydrogen) atoms. The highest BCUT2D eigenvalue weighted by molar-refractivity contribution is 6.11. The summed E-state index contributed by atoms with van der Waals surface area (Å²) in [6.07, 6.45) is 4.74. The lowest BCUT2D eigenvalue weighted by molar-refractivity contribution is 0.277. The van der Waals surface area contributed by atoms with E-state index in [0.717, 1.165) is 0 Å². The molecule has 0 bridgehead atoms. The van der Waals surface area contributed by atoms with E-state index in [4.69, 9.17) is 0 Å². The van der Waals surface area contributed by atoms with E-state index >= 15 is 0 Å². The second kappa shape index (κ2) is 5.02. The summed E-state index contributed by atoms with van der Waals surface area (Å²) in [5.74, 6) is 0. The minimum Gasteiger partial charge on any atom is -0.388 e. The van der Waals surface area contributed by atoms with Crippen molar-refractivity contribution in [2.75, 3.05) is 14.2 Å². The van der Waals surface area contributed by atoms with Crippen LogP contribution in [-0.2, 0) is 11.2 Å². The fourth-order valence-corrected chi connectivity index (χ4v) is 2.94. The van der Waals surface area contributed by atoms with Crippen molar-refractivity contribution >= 4 is 27.6 Å². The van der Waals surface area contributed by atoms with Crippen LogP contribution in [0.25, 0.3) is 27.6 Å². The lowest BCUT2D eigenvalue weighted by Gasteiger charge is -2.14. The quantitative estimate of drug-likeness (QED) is 0.591. The van der Waals surface area contributed by atoms with Crippen LogP contribution in [-0.4, -0.2) is 14.2 Å². The van der Waals surface area contributed by atoms with Gasteiger partial charge in [-0.25, -0.2) is 0 Å². The standard InChI is InChI=1S/C16H12.C2H6O/c1-3-11-7-9-13-5-2-6-14-10-8-12(4-1)15(11)16(13)14;1-3-2/h1,3-5,7-10H,2,6H2;1-2H3. The molecule has 0 saturated carbocycles. The molecular formula is C18H18O. The number of rotatable bonds is 0. The van der Waals surface area contributed by atoms with Crippen molar-refractivity contribution in [3.8, 4) is 0 Å². The Morgan fingerprint density at radius 2 is 1.53 bits per heavy atom. The number of methoxy groups -OCH3 is 1. The number of benzene rings is 3. The molecule has 3 aromatic rings. The second-order valence-corrected chi connectivity index (χ2v) is 4.98. The lowest BCUT2D eigenvalue weighted by Crippen LogP contribution is -2.09. The van der Waals surface area contributed by atoms with E-state index in [0.29, 0.717) is 0 Å². The first-order chi connectivity index (χ1) is 9.35. The van der Waals surface area contributed by atoms with E-state index in [1.54, 1.807) is 14.2 Å². The first kappa shape index (κ1) is 12.2. The smallest absolute Gasteiger partial charge is 0.0351 e. The highest BCUT2D eigenvalue weighted by Gasteiger charge is 2.09. The molecule has 3 aromatic carbocycles. The fraction of sp³-hybridized carbons (Fsp3) is 0.222. The van der Waals surface area contributed by atoms with Crippen LogP contribution in [0.5, 0.6) is 0 Å². The fourth-order valence-electron chi connectivity index (χ4n) is 2.94. The van der Waals surface area contributed by atoms with Crippen LogP contribution in [0.15, 0.2) is 42.5 Å². The predicted octanol–water partition coefficient (Wildman–Crippen LogP) is 3.70. The molecule has 0 aliphatic heterocycles. The number of ether oxygens (including phenoxy) is 1. The largest absolute Gasteiger partial charge is 0.388 e. The van der Waals surface area contributed by atoms with Gasteiger partial charge in [0, 0.05) is 14.2 Å². The zero-order valence-electron chi connectivity index (χ0n) is 11.4. The van der Waals surface area contributed by atoms with Gasteiger partial charge in [0.25, 0.3) is 0 Å². The maximum absolute atomic E-state index is 4.25. The van der Waals surface area contributed by atoms with Gasteiger partial charge in [0.1, 0.15) is 0 Å². The van der Waals surface area contributed by atoms with Gasteiger partial charge in [0.15, 0.2) is 0 Å². The Morgan fingerprint density at radius 1 is 0.842 bits per heavy atom. The zero-order chi connectivity index (χ0) is 13.2. The van der Waals surface area contributed by atoms with Crippen molar-refractivity contribution in [2.24, 2.45) is 0 Å². The van der Waals surface area contributed by atoms with E-state index in [1.165, 1.54) is 45.2 Å². The molecule has 1 heteroatoms.